The van der Waals surface area contributed by atoms with Crippen LogP contribution in [0.3, 0.4) is 0 Å². The molecule has 2 rings (SSSR count). The lowest BCUT2D eigenvalue weighted by Crippen LogP contribution is -2.41. The van der Waals surface area contributed by atoms with Gasteiger partial charge in [-0.1, -0.05) is 0 Å². The number of β-amino-alcohol motifs (C(OH)–C–C–N with tert-alkyl or cyclic N) is 1. The number of carbonyl (C=O) groups excluding carboxylic acids is 1. The zero-order chi connectivity index (χ0) is 14.0. The molecule has 0 aliphatic carbocycles. The average Bonchev–Trinajstić information content (AvgIpc) is 2.93. The zero-order valence-corrected chi connectivity index (χ0v) is 12.3. The first-order valence-electron chi connectivity index (χ1n) is 6.28. The van der Waals surface area contributed by atoms with Crippen LogP contribution in [0, 0.1) is 0 Å². The van der Waals surface area contributed by atoms with Gasteiger partial charge in [0.1, 0.15) is 10.6 Å². The molecular formula is C13H20N2O3S. The van der Waals surface area contributed by atoms with Crippen LogP contribution >= 0.6 is 11.3 Å². The van der Waals surface area contributed by atoms with Crippen molar-refractivity contribution in [3.8, 4) is 5.75 Å². The monoisotopic (exact) mass is 284 g/mol. The highest BCUT2D eigenvalue weighted by Gasteiger charge is 2.36. The maximum atomic E-state index is 12.6. The third kappa shape index (κ3) is 3.08. The second-order valence-corrected chi connectivity index (χ2v) is 6.00. The second kappa shape index (κ2) is 5.90. The molecule has 0 spiro atoms. The van der Waals surface area contributed by atoms with Crippen molar-refractivity contribution in [3.63, 3.8) is 0 Å². The number of nitrogens with zero attached hydrogens (tertiary/aromatic N) is 2. The van der Waals surface area contributed by atoms with Crippen LogP contribution in [0.15, 0.2) is 11.4 Å². The zero-order valence-electron chi connectivity index (χ0n) is 11.5. The Bertz CT molecular complexity index is 447. The third-order valence-corrected chi connectivity index (χ3v) is 4.16. The van der Waals surface area contributed by atoms with Gasteiger partial charge in [-0.3, -0.25) is 4.79 Å². The summed E-state index contributed by atoms with van der Waals surface area (Å²) in [5, 5.41) is 11.7. The van der Waals surface area contributed by atoms with E-state index in [0.717, 1.165) is 6.54 Å². The first-order chi connectivity index (χ1) is 9.02. The van der Waals surface area contributed by atoms with Gasteiger partial charge in [-0.25, -0.2) is 0 Å². The lowest BCUT2D eigenvalue weighted by Gasteiger charge is -2.26. The molecule has 1 aliphatic rings. The number of hydrogen-bond donors (Lipinski definition) is 1. The van der Waals surface area contributed by atoms with E-state index in [2.05, 4.69) is 0 Å². The maximum Gasteiger partial charge on any atom is 0.268 e. The molecular weight excluding hydrogens is 264 g/mol. The number of hydrogen-bond acceptors (Lipinski definition) is 5. The minimum atomic E-state index is -0.431. The predicted molar refractivity (Wildman–Crippen MR) is 74.9 cm³/mol. The van der Waals surface area contributed by atoms with Gasteiger partial charge in [-0.2, -0.15) is 0 Å². The highest BCUT2D eigenvalue weighted by molar-refractivity contribution is 7.12. The van der Waals surface area contributed by atoms with Gasteiger partial charge in [0, 0.05) is 19.1 Å². The number of aliphatic hydroxyl groups excluding tert-OH is 1. The molecule has 1 aromatic heterocycles. The molecule has 6 heteroatoms. The standard InChI is InChI=1S/C13H20N2O3S/c1-14(2)7-9-6-10(16)8-15(9)13(17)12-11(18-3)4-5-19-12/h4-5,9-10,16H,6-8H2,1-3H3. The smallest absolute Gasteiger partial charge is 0.268 e. The number of thiophene rings is 1. The molecule has 1 aliphatic heterocycles. The molecule has 0 aromatic carbocycles. The fraction of sp³-hybridized carbons (Fsp3) is 0.615. The summed E-state index contributed by atoms with van der Waals surface area (Å²) in [5.41, 5.74) is 0. The van der Waals surface area contributed by atoms with E-state index in [1.165, 1.54) is 11.3 Å². The van der Waals surface area contributed by atoms with Gasteiger partial charge in [-0.05, 0) is 32.0 Å². The summed E-state index contributed by atoms with van der Waals surface area (Å²) in [6.07, 6.45) is 0.206. The number of rotatable bonds is 4. The molecule has 1 fully saturated rings. The van der Waals surface area contributed by atoms with E-state index in [-0.39, 0.29) is 11.9 Å². The normalized spacial score (nSPS) is 23.1. The molecule has 1 aromatic rings. The van der Waals surface area contributed by atoms with Crippen molar-refractivity contribution >= 4 is 17.2 Å². The van der Waals surface area contributed by atoms with Gasteiger partial charge in [0.25, 0.3) is 5.91 Å². The second-order valence-electron chi connectivity index (χ2n) is 5.08. The van der Waals surface area contributed by atoms with Crippen molar-refractivity contribution in [2.45, 2.75) is 18.6 Å². The van der Waals surface area contributed by atoms with Gasteiger partial charge >= 0.3 is 0 Å². The Morgan fingerprint density at radius 3 is 3.00 bits per heavy atom. The maximum absolute atomic E-state index is 12.6. The van der Waals surface area contributed by atoms with E-state index in [0.29, 0.717) is 23.6 Å². The SMILES string of the molecule is COc1ccsc1C(=O)N1CC(O)CC1CN(C)C. The predicted octanol–water partition coefficient (Wildman–Crippen LogP) is 0.894. The summed E-state index contributed by atoms with van der Waals surface area (Å²) in [5.74, 6) is 0.565. The molecule has 0 radical (unpaired) electrons. The first-order valence-corrected chi connectivity index (χ1v) is 7.16. The van der Waals surface area contributed by atoms with E-state index in [9.17, 15) is 9.90 Å². The van der Waals surface area contributed by atoms with Crippen LogP contribution < -0.4 is 4.74 Å². The van der Waals surface area contributed by atoms with Gasteiger partial charge in [-0.15, -0.1) is 11.3 Å². The Balaban J connectivity index is 2.17. The highest BCUT2D eigenvalue weighted by Crippen LogP contribution is 2.29. The van der Waals surface area contributed by atoms with E-state index in [1.54, 1.807) is 18.1 Å². The van der Waals surface area contributed by atoms with Crippen LogP contribution in [0.1, 0.15) is 16.1 Å². The van der Waals surface area contributed by atoms with Crippen molar-refractivity contribution in [2.75, 3.05) is 34.3 Å². The van der Waals surface area contributed by atoms with Crippen LogP contribution in [0.2, 0.25) is 0 Å². The molecule has 19 heavy (non-hydrogen) atoms. The quantitative estimate of drug-likeness (QED) is 0.892. The molecule has 1 amide bonds. The molecule has 0 bridgehead atoms. The first kappa shape index (κ1) is 14.3. The van der Waals surface area contributed by atoms with Crippen molar-refractivity contribution < 1.29 is 14.6 Å². The minimum absolute atomic E-state index is 0.0461. The Morgan fingerprint density at radius 2 is 2.37 bits per heavy atom. The lowest BCUT2D eigenvalue weighted by molar-refractivity contribution is 0.0701. The Kier molecular flexibility index (Phi) is 4.44. The summed E-state index contributed by atoms with van der Waals surface area (Å²) in [6, 6.07) is 1.86. The number of amides is 1. The van der Waals surface area contributed by atoms with Crippen LogP contribution in [0.5, 0.6) is 5.75 Å². The summed E-state index contributed by atoms with van der Waals surface area (Å²) < 4.78 is 5.20. The van der Waals surface area contributed by atoms with E-state index < -0.39 is 6.10 Å². The van der Waals surface area contributed by atoms with Crippen LogP contribution in [-0.4, -0.2) is 67.3 Å². The molecule has 2 atom stereocenters. The van der Waals surface area contributed by atoms with Crippen molar-refractivity contribution in [3.05, 3.63) is 16.3 Å². The summed E-state index contributed by atoms with van der Waals surface area (Å²) in [6.45, 7) is 1.16. The minimum Gasteiger partial charge on any atom is -0.495 e. The van der Waals surface area contributed by atoms with E-state index >= 15 is 0 Å². The topological polar surface area (TPSA) is 53.0 Å². The summed E-state index contributed by atoms with van der Waals surface area (Å²) in [7, 11) is 5.51. The Hall–Kier alpha value is -1.11. The van der Waals surface area contributed by atoms with Crippen LogP contribution in [0.4, 0.5) is 0 Å². The van der Waals surface area contributed by atoms with Crippen molar-refractivity contribution in [1.82, 2.24) is 9.80 Å². The van der Waals surface area contributed by atoms with Gasteiger partial charge in [0.2, 0.25) is 0 Å². The van der Waals surface area contributed by atoms with Gasteiger partial charge < -0.3 is 19.6 Å². The molecule has 0 saturated carbocycles. The van der Waals surface area contributed by atoms with Gasteiger partial charge in [0.05, 0.1) is 13.2 Å². The van der Waals surface area contributed by atoms with Crippen LogP contribution in [0.25, 0.3) is 0 Å². The Morgan fingerprint density at radius 1 is 1.63 bits per heavy atom. The van der Waals surface area contributed by atoms with Gasteiger partial charge in [0.15, 0.2) is 0 Å². The summed E-state index contributed by atoms with van der Waals surface area (Å²) >= 11 is 1.38. The molecule has 1 N–H and O–H groups in total. The molecule has 106 valence electrons. The number of likely N-dealkylation sites (tertiary alicyclic amines) is 1. The number of aliphatic hydroxyl groups is 1. The molecule has 2 heterocycles. The molecule has 5 nitrogen and oxygen atoms in total. The van der Waals surface area contributed by atoms with Crippen molar-refractivity contribution in [2.24, 2.45) is 0 Å². The van der Waals surface area contributed by atoms with E-state index in [4.69, 9.17) is 4.74 Å². The number of ether oxygens (including phenoxy) is 1. The lowest BCUT2D eigenvalue weighted by atomic mass is 10.2. The fourth-order valence-electron chi connectivity index (χ4n) is 2.48. The number of carbonyl (C=O) groups is 1. The van der Waals surface area contributed by atoms with Crippen LogP contribution in [-0.2, 0) is 0 Å². The summed E-state index contributed by atoms with van der Waals surface area (Å²) in [4.78, 5) is 17.0. The Labute approximate surface area is 117 Å². The number of likely N-dealkylation sites (N-methyl/N-ethyl adjacent to an activating group) is 1. The molecule has 1 saturated heterocycles. The average molecular weight is 284 g/mol. The number of methoxy groups -OCH3 is 1. The fourth-order valence-corrected chi connectivity index (χ4v) is 3.29. The van der Waals surface area contributed by atoms with E-state index in [1.807, 2.05) is 24.4 Å². The van der Waals surface area contributed by atoms with Crippen molar-refractivity contribution in [1.29, 1.82) is 0 Å². The largest absolute Gasteiger partial charge is 0.495 e. The third-order valence-electron chi connectivity index (χ3n) is 3.27. The molecule has 2 unspecified atom stereocenters. The highest BCUT2D eigenvalue weighted by atomic mass is 32.1.